The predicted molar refractivity (Wildman–Crippen MR) is 198 cm³/mol. The summed E-state index contributed by atoms with van der Waals surface area (Å²) in [6.07, 6.45) is 1.78. The lowest BCUT2D eigenvalue weighted by molar-refractivity contribution is -0.127. The summed E-state index contributed by atoms with van der Waals surface area (Å²) in [7, 11) is 0. The second kappa shape index (κ2) is 18.5. The normalized spacial score (nSPS) is 13.5. The number of anilines is 2. The predicted octanol–water partition coefficient (Wildman–Crippen LogP) is 4.87. The van der Waals surface area contributed by atoms with Crippen LogP contribution in [0.4, 0.5) is 23.3 Å². The minimum atomic E-state index is -1.21. The van der Waals surface area contributed by atoms with E-state index in [0.717, 1.165) is 87.2 Å². The highest BCUT2D eigenvalue weighted by Gasteiger charge is 2.31. The number of rotatable bonds is 21. The zero-order chi connectivity index (χ0) is 36.1. The molecular weight excluding hydrogens is 632 g/mol. The quantitative estimate of drug-likeness (QED) is 0.0469. The number of aromatic nitrogens is 3. The Morgan fingerprint density at radius 1 is 0.980 bits per heavy atom. The third-order valence-electron chi connectivity index (χ3n) is 9.25. The number of carbonyl (C=O) groups is 3. The van der Waals surface area contributed by atoms with E-state index in [2.05, 4.69) is 65.7 Å². The SMILES string of the molecule is CCNC[N+](CC)(CC)c1nc(Cc2ccc(N=NC(C(C)=O)C(=O)Cc3ccc4c(c3)CC(=O)N4)cc2)nc(NCCCN(CC)CC)n1. The van der Waals surface area contributed by atoms with Crippen molar-refractivity contribution in [2.24, 2.45) is 10.2 Å². The number of nitrogens with zero attached hydrogens (tertiary/aromatic N) is 7. The van der Waals surface area contributed by atoms with Crippen molar-refractivity contribution in [1.82, 2.24) is 29.7 Å². The molecule has 0 fully saturated rings. The van der Waals surface area contributed by atoms with Crippen molar-refractivity contribution in [2.75, 3.05) is 63.1 Å². The molecule has 0 spiro atoms. The number of Topliss-reactive ketones (excluding diaryl/α,β-unsaturated/α-hetero) is 2. The van der Waals surface area contributed by atoms with Gasteiger partial charge in [0.1, 0.15) is 12.5 Å². The molecule has 0 aliphatic carbocycles. The standard InChI is InChI=1S/C37H52N10O3/c1-7-38-25-47(10-4,11-5)37-42-33(41-36(43-37)39-19-12-20-46(8-2)9-3)23-27-13-16-30(17-14-27)44-45-35(26(6)48)32(49)22-28-15-18-31-29(21-28)24-34(50)40-31/h13-18,21,35,38H,7-12,19-20,22-25H2,1-6H3,(H-,39,40,41,42,43,50)/p+1. The molecule has 2 aromatic carbocycles. The molecule has 13 heteroatoms. The van der Waals surface area contributed by atoms with Gasteiger partial charge in [0.2, 0.25) is 11.9 Å². The summed E-state index contributed by atoms with van der Waals surface area (Å²) in [5.41, 5.74) is 3.84. The van der Waals surface area contributed by atoms with E-state index in [1.807, 2.05) is 30.3 Å². The lowest BCUT2D eigenvalue weighted by Gasteiger charge is -2.33. The Kier molecular flexibility index (Phi) is 14.2. The molecule has 0 saturated carbocycles. The number of amides is 1. The van der Waals surface area contributed by atoms with E-state index in [9.17, 15) is 14.4 Å². The first-order valence-corrected chi connectivity index (χ1v) is 17.9. The number of hydrogen-bond acceptors (Lipinski definition) is 11. The average molecular weight is 686 g/mol. The number of carbonyl (C=O) groups excluding carboxylic acids is 3. The zero-order valence-corrected chi connectivity index (χ0v) is 30.5. The number of azo groups is 1. The van der Waals surface area contributed by atoms with Gasteiger partial charge >= 0.3 is 5.95 Å². The first-order chi connectivity index (χ1) is 24.1. The van der Waals surface area contributed by atoms with Gasteiger partial charge in [-0.2, -0.15) is 20.2 Å². The molecule has 1 aliphatic rings. The fourth-order valence-electron chi connectivity index (χ4n) is 6.00. The van der Waals surface area contributed by atoms with Crippen molar-refractivity contribution < 1.29 is 14.4 Å². The molecule has 13 nitrogen and oxygen atoms in total. The van der Waals surface area contributed by atoms with Crippen LogP contribution in [0.2, 0.25) is 0 Å². The molecule has 4 rings (SSSR count). The maximum absolute atomic E-state index is 13.1. The molecule has 2 heterocycles. The van der Waals surface area contributed by atoms with E-state index in [0.29, 0.717) is 28.4 Å². The van der Waals surface area contributed by atoms with E-state index in [-0.39, 0.29) is 30.3 Å². The van der Waals surface area contributed by atoms with Gasteiger partial charge in [0.25, 0.3) is 0 Å². The molecule has 3 N–H and O–H groups in total. The van der Waals surface area contributed by atoms with Crippen LogP contribution in [0, 0.1) is 0 Å². The first-order valence-electron chi connectivity index (χ1n) is 17.9. The van der Waals surface area contributed by atoms with Crippen molar-refractivity contribution in [2.45, 2.75) is 73.3 Å². The Morgan fingerprint density at radius 2 is 1.70 bits per heavy atom. The second-order valence-corrected chi connectivity index (χ2v) is 12.7. The molecule has 0 saturated heterocycles. The van der Waals surface area contributed by atoms with Crippen molar-refractivity contribution in [3.8, 4) is 0 Å². The molecule has 1 aromatic heterocycles. The van der Waals surface area contributed by atoms with Crippen LogP contribution >= 0.6 is 0 Å². The van der Waals surface area contributed by atoms with Gasteiger partial charge in [-0.15, -0.1) is 4.98 Å². The molecule has 1 atom stereocenters. The van der Waals surface area contributed by atoms with Crippen LogP contribution in [0.1, 0.15) is 70.5 Å². The molecule has 0 radical (unpaired) electrons. The molecular formula is C37H53N10O3+. The van der Waals surface area contributed by atoms with Gasteiger partial charge in [-0.3, -0.25) is 19.7 Å². The minimum absolute atomic E-state index is 0.0228. The maximum atomic E-state index is 13.1. The third kappa shape index (κ3) is 10.3. The lowest BCUT2D eigenvalue weighted by atomic mass is 9.99. The Morgan fingerprint density at radius 3 is 2.36 bits per heavy atom. The zero-order valence-electron chi connectivity index (χ0n) is 30.5. The van der Waals surface area contributed by atoms with Gasteiger partial charge in [0, 0.05) is 25.1 Å². The first kappa shape index (κ1) is 38.3. The minimum Gasteiger partial charge on any atom is -0.354 e. The molecule has 268 valence electrons. The number of hydrogen-bond donors (Lipinski definition) is 3. The van der Waals surface area contributed by atoms with E-state index in [1.54, 1.807) is 12.1 Å². The number of ketones is 2. The molecule has 3 aromatic rings. The second-order valence-electron chi connectivity index (χ2n) is 12.7. The molecule has 1 amide bonds. The summed E-state index contributed by atoms with van der Waals surface area (Å²) in [4.78, 5) is 54.3. The van der Waals surface area contributed by atoms with Crippen LogP contribution in [0.5, 0.6) is 0 Å². The van der Waals surface area contributed by atoms with Gasteiger partial charge in [0.05, 0.1) is 25.2 Å². The fraction of sp³-hybridized carbons (Fsp3) is 0.514. The van der Waals surface area contributed by atoms with Gasteiger partial charge in [-0.25, -0.2) is 4.48 Å². The number of fused-ring (bicyclic) bond motifs is 1. The maximum Gasteiger partial charge on any atom is 0.335 e. The highest BCUT2D eigenvalue weighted by Crippen LogP contribution is 2.25. The highest BCUT2D eigenvalue weighted by molar-refractivity contribution is 6.06. The topological polar surface area (TPSA) is 154 Å². The van der Waals surface area contributed by atoms with Crippen LogP contribution in [-0.4, -0.2) is 95.8 Å². The van der Waals surface area contributed by atoms with Gasteiger partial charge in [-0.1, -0.05) is 45.0 Å². The third-order valence-corrected chi connectivity index (χ3v) is 9.25. The summed E-state index contributed by atoms with van der Waals surface area (Å²) in [5.74, 6) is 1.20. The van der Waals surface area contributed by atoms with Crippen LogP contribution in [0.25, 0.3) is 0 Å². The van der Waals surface area contributed by atoms with Crippen LogP contribution in [0.3, 0.4) is 0 Å². The Hall–Kier alpha value is -4.46. The van der Waals surface area contributed by atoms with E-state index in [1.165, 1.54) is 6.92 Å². The van der Waals surface area contributed by atoms with Crippen molar-refractivity contribution in [1.29, 1.82) is 0 Å². The Balaban J connectivity index is 1.48. The smallest absolute Gasteiger partial charge is 0.335 e. The van der Waals surface area contributed by atoms with Gasteiger partial charge in [0.15, 0.2) is 17.6 Å². The summed E-state index contributed by atoms with van der Waals surface area (Å²) in [6.45, 7) is 19.2. The molecule has 50 heavy (non-hydrogen) atoms. The summed E-state index contributed by atoms with van der Waals surface area (Å²) in [6, 6.07) is 11.7. The average Bonchev–Trinajstić information content (AvgIpc) is 3.49. The van der Waals surface area contributed by atoms with Crippen LogP contribution in [0.15, 0.2) is 52.7 Å². The fourth-order valence-corrected chi connectivity index (χ4v) is 6.00. The van der Waals surface area contributed by atoms with Crippen LogP contribution in [-0.2, 0) is 33.6 Å². The Bertz CT molecular complexity index is 1630. The van der Waals surface area contributed by atoms with E-state index in [4.69, 9.17) is 15.0 Å². The largest absolute Gasteiger partial charge is 0.354 e. The Labute approximate surface area is 296 Å². The summed E-state index contributed by atoms with van der Waals surface area (Å²) < 4.78 is 0.593. The lowest BCUT2D eigenvalue weighted by Crippen LogP contribution is -2.55. The number of benzene rings is 2. The number of nitrogens with one attached hydrogen (secondary N) is 3. The van der Waals surface area contributed by atoms with Crippen LogP contribution < -0.4 is 20.4 Å². The van der Waals surface area contributed by atoms with Crippen molar-refractivity contribution >= 4 is 40.7 Å². The summed E-state index contributed by atoms with van der Waals surface area (Å²) >= 11 is 0. The van der Waals surface area contributed by atoms with E-state index < -0.39 is 6.04 Å². The van der Waals surface area contributed by atoms with Crippen molar-refractivity contribution in [3.63, 3.8) is 0 Å². The monoisotopic (exact) mass is 685 g/mol. The van der Waals surface area contributed by atoms with E-state index >= 15 is 0 Å². The van der Waals surface area contributed by atoms with Gasteiger partial charge < -0.3 is 15.5 Å². The molecule has 1 unspecified atom stereocenters. The molecule has 0 bridgehead atoms. The van der Waals surface area contributed by atoms with Crippen molar-refractivity contribution in [3.05, 3.63) is 65.0 Å². The highest BCUT2D eigenvalue weighted by atomic mass is 16.2. The number of quaternary nitrogens is 1. The molecule has 1 aliphatic heterocycles. The van der Waals surface area contributed by atoms with Gasteiger partial charge in [-0.05, 0) is 88.3 Å². The summed E-state index contributed by atoms with van der Waals surface area (Å²) in [5, 5.41) is 18.1.